The molecule has 0 N–H and O–H groups in total. The highest BCUT2D eigenvalue weighted by Crippen LogP contribution is 2.28. The van der Waals surface area contributed by atoms with Crippen molar-refractivity contribution in [3.05, 3.63) is 23.0 Å². The van der Waals surface area contributed by atoms with Crippen LogP contribution < -0.4 is 9.54 Å². The Balaban J connectivity index is 2.47. The molecule has 0 fully saturated rings. The monoisotopic (exact) mass is 336 g/mol. The number of hydrogen-bond donors (Lipinski definition) is 0. The Labute approximate surface area is 128 Å². The SMILES string of the molecule is CCN=c1sc2cc(OC(F)(F)F)ccc2n1CCSC. The maximum atomic E-state index is 12.3. The summed E-state index contributed by atoms with van der Waals surface area (Å²) in [7, 11) is 0. The number of benzene rings is 1. The maximum absolute atomic E-state index is 12.3. The smallest absolute Gasteiger partial charge is 0.406 e. The molecule has 0 unspecified atom stereocenters. The zero-order valence-electron chi connectivity index (χ0n) is 11.6. The first-order chi connectivity index (χ1) is 9.94. The molecule has 0 aliphatic heterocycles. The van der Waals surface area contributed by atoms with Crippen LogP contribution in [-0.2, 0) is 6.54 Å². The second-order valence-corrected chi connectivity index (χ2v) is 6.18. The molecule has 0 saturated heterocycles. The molecule has 0 aliphatic carbocycles. The van der Waals surface area contributed by atoms with Crippen molar-refractivity contribution in [2.75, 3.05) is 18.6 Å². The van der Waals surface area contributed by atoms with Gasteiger partial charge in [-0.1, -0.05) is 11.3 Å². The van der Waals surface area contributed by atoms with Crippen LogP contribution in [0.1, 0.15) is 6.92 Å². The number of aryl methyl sites for hydroxylation is 1. The molecular formula is C13H15F3N2OS2. The van der Waals surface area contributed by atoms with Crippen LogP contribution in [0.2, 0.25) is 0 Å². The summed E-state index contributed by atoms with van der Waals surface area (Å²) in [5.41, 5.74) is 0.885. The minimum Gasteiger partial charge on any atom is -0.406 e. The Hall–Kier alpha value is -1.15. The van der Waals surface area contributed by atoms with E-state index in [0.717, 1.165) is 27.3 Å². The third kappa shape index (κ3) is 4.16. The van der Waals surface area contributed by atoms with Gasteiger partial charge in [0, 0.05) is 18.8 Å². The zero-order valence-corrected chi connectivity index (χ0v) is 13.2. The van der Waals surface area contributed by atoms with Gasteiger partial charge in [-0.05, 0) is 31.4 Å². The maximum Gasteiger partial charge on any atom is 0.573 e. The highest BCUT2D eigenvalue weighted by molar-refractivity contribution is 7.98. The van der Waals surface area contributed by atoms with Crippen molar-refractivity contribution in [2.24, 2.45) is 4.99 Å². The quantitative estimate of drug-likeness (QED) is 0.828. The van der Waals surface area contributed by atoms with Gasteiger partial charge >= 0.3 is 6.36 Å². The molecule has 0 spiro atoms. The average Bonchev–Trinajstić information content (AvgIpc) is 2.71. The highest BCUT2D eigenvalue weighted by atomic mass is 32.2. The van der Waals surface area contributed by atoms with Crippen LogP contribution in [-0.4, -0.2) is 29.5 Å². The largest absolute Gasteiger partial charge is 0.573 e. The van der Waals surface area contributed by atoms with Crippen LogP contribution in [0, 0.1) is 0 Å². The zero-order chi connectivity index (χ0) is 15.5. The predicted molar refractivity (Wildman–Crippen MR) is 81.0 cm³/mol. The number of rotatable bonds is 5. The van der Waals surface area contributed by atoms with Crippen LogP contribution >= 0.6 is 23.1 Å². The van der Waals surface area contributed by atoms with Gasteiger partial charge in [0.25, 0.3) is 0 Å². The molecular weight excluding hydrogens is 321 g/mol. The Morgan fingerprint density at radius 1 is 1.38 bits per heavy atom. The minimum atomic E-state index is -4.67. The molecule has 1 aromatic carbocycles. The van der Waals surface area contributed by atoms with Crippen molar-refractivity contribution in [3.63, 3.8) is 0 Å². The standard InChI is InChI=1S/C13H15F3N2OS2/c1-3-17-12-18(6-7-20-2)10-5-4-9(8-11(10)21-12)19-13(14,15)16/h4-5,8H,3,6-7H2,1-2H3. The summed E-state index contributed by atoms with van der Waals surface area (Å²) in [6.07, 6.45) is -2.66. The Morgan fingerprint density at radius 3 is 2.76 bits per heavy atom. The summed E-state index contributed by atoms with van der Waals surface area (Å²) in [6, 6.07) is 4.41. The number of thiazole rings is 1. The van der Waals surface area contributed by atoms with E-state index >= 15 is 0 Å². The van der Waals surface area contributed by atoms with Gasteiger partial charge in [0.2, 0.25) is 0 Å². The van der Waals surface area contributed by atoms with Crippen molar-refractivity contribution >= 4 is 33.3 Å². The fourth-order valence-corrected chi connectivity index (χ4v) is 3.42. The second-order valence-electron chi connectivity index (χ2n) is 4.18. The molecule has 1 aromatic heterocycles. The van der Waals surface area contributed by atoms with Gasteiger partial charge in [-0.3, -0.25) is 4.99 Å². The fraction of sp³-hybridized carbons (Fsp3) is 0.462. The first-order valence-corrected chi connectivity index (χ1v) is 8.54. The topological polar surface area (TPSA) is 26.5 Å². The molecule has 116 valence electrons. The second kappa shape index (κ2) is 6.74. The molecule has 8 heteroatoms. The lowest BCUT2D eigenvalue weighted by Crippen LogP contribution is -2.17. The van der Waals surface area contributed by atoms with E-state index in [9.17, 15) is 13.2 Å². The van der Waals surface area contributed by atoms with Gasteiger partial charge in [0.15, 0.2) is 4.80 Å². The summed E-state index contributed by atoms with van der Waals surface area (Å²) in [5.74, 6) is 0.722. The molecule has 2 aromatic rings. The normalized spacial score (nSPS) is 13.1. The van der Waals surface area contributed by atoms with E-state index in [4.69, 9.17) is 0 Å². The van der Waals surface area contributed by atoms with E-state index in [1.165, 1.54) is 23.5 Å². The minimum absolute atomic E-state index is 0.198. The van der Waals surface area contributed by atoms with Gasteiger partial charge in [-0.2, -0.15) is 11.8 Å². The molecule has 3 nitrogen and oxygen atoms in total. The number of ether oxygens (including phenoxy) is 1. The lowest BCUT2D eigenvalue weighted by atomic mass is 10.3. The summed E-state index contributed by atoms with van der Waals surface area (Å²) >= 11 is 3.09. The van der Waals surface area contributed by atoms with Crippen LogP contribution in [0.4, 0.5) is 13.2 Å². The summed E-state index contributed by atoms with van der Waals surface area (Å²) in [5, 5.41) is 0. The molecule has 0 radical (unpaired) electrons. The fourth-order valence-electron chi connectivity index (χ4n) is 1.90. The Morgan fingerprint density at radius 2 is 2.14 bits per heavy atom. The average molecular weight is 336 g/mol. The number of thioether (sulfide) groups is 1. The van der Waals surface area contributed by atoms with Crippen LogP contribution in [0.15, 0.2) is 23.2 Å². The van der Waals surface area contributed by atoms with Crippen LogP contribution in [0.3, 0.4) is 0 Å². The molecule has 0 saturated carbocycles. The van der Waals surface area contributed by atoms with Crippen molar-refractivity contribution in [3.8, 4) is 5.75 Å². The first kappa shape index (κ1) is 16.2. The summed E-state index contributed by atoms with van der Waals surface area (Å²) < 4.78 is 43.5. The van der Waals surface area contributed by atoms with E-state index < -0.39 is 6.36 Å². The highest BCUT2D eigenvalue weighted by Gasteiger charge is 2.31. The van der Waals surface area contributed by atoms with Crippen LogP contribution in [0.25, 0.3) is 10.2 Å². The Kier molecular flexibility index (Phi) is 5.21. The third-order valence-electron chi connectivity index (χ3n) is 2.70. The lowest BCUT2D eigenvalue weighted by molar-refractivity contribution is -0.274. The molecule has 21 heavy (non-hydrogen) atoms. The van der Waals surface area contributed by atoms with Gasteiger partial charge in [0.1, 0.15) is 5.75 Å². The number of nitrogens with zero attached hydrogens (tertiary/aromatic N) is 2. The van der Waals surface area contributed by atoms with E-state index in [-0.39, 0.29) is 5.75 Å². The number of fused-ring (bicyclic) bond motifs is 1. The lowest BCUT2D eigenvalue weighted by Gasteiger charge is -2.09. The summed E-state index contributed by atoms with van der Waals surface area (Å²) in [4.78, 5) is 5.23. The molecule has 0 amide bonds. The van der Waals surface area contributed by atoms with E-state index in [2.05, 4.69) is 9.73 Å². The van der Waals surface area contributed by atoms with Crippen molar-refractivity contribution in [1.29, 1.82) is 0 Å². The summed E-state index contributed by atoms with van der Waals surface area (Å²) in [6.45, 7) is 3.35. The van der Waals surface area contributed by atoms with Crippen LogP contribution in [0.5, 0.6) is 5.75 Å². The van der Waals surface area contributed by atoms with Crippen molar-refractivity contribution in [1.82, 2.24) is 4.57 Å². The van der Waals surface area contributed by atoms with Crippen molar-refractivity contribution in [2.45, 2.75) is 19.8 Å². The van der Waals surface area contributed by atoms with E-state index in [0.29, 0.717) is 6.54 Å². The molecule has 0 atom stereocenters. The van der Waals surface area contributed by atoms with Gasteiger partial charge in [-0.15, -0.1) is 13.2 Å². The van der Waals surface area contributed by atoms with Gasteiger partial charge in [-0.25, -0.2) is 0 Å². The van der Waals surface area contributed by atoms with Gasteiger partial charge < -0.3 is 9.30 Å². The molecule has 1 heterocycles. The molecule has 0 bridgehead atoms. The first-order valence-electron chi connectivity index (χ1n) is 6.33. The van der Waals surface area contributed by atoms with E-state index in [1.54, 1.807) is 17.8 Å². The number of aromatic nitrogens is 1. The molecule has 2 rings (SSSR count). The van der Waals surface area contributed by atoms with E-state index in [1.807, 2.05) is 17.7 Å². The number of alkyl halides is 3. The third-order valence-corrected chi connectivity index (χ3v) is 4.37. The number of hydrogen-bond acceptors (Lipinski definition) is 4. The van der Waals surface area contributed by atoms with Gasteiger partial charge in [0.05, 0.1) is 10.2 Å². The Bertz CT molecular complexity index is 676. The molecule has 0 aliphatic rings. The predicted octanol–water partition coefficient (Wildman–Crippen LogP) is 3.89. The van der Waals surface area contributed by atoms with Crippen molar-refractivity contribution < 1.29 is 17.9 Å². The number of halogens is 3.